The molecule has 1 aliphatic heterocycles. The van der Waals surface area contributed by atoms with E-state index in [-0.39, 0.29) is 11.8 Å². The first-order valence-corrected chi connectivity index (χ1v) is 7.67. The van der Waals surface area contributed by atoms with Crippen molar-refractivity contribution in [3.8, 4) is 0 Å². The Kier molecular flexibility index (Phi) is 3.96. The zero-order chi connectivity index (χ0) is 14.7. The van der Waals surface area contributed by atoms with Crippen molar-refractivity contribution in [2.24, 2.45) is 0 Å². The summed E-state index contributed by atoms with van der Waals surface area (Å²) in [5, 5.41) is 7.93. The standard InChI is InChI=1S/C15H15N3O2S/c19-13-7-6-12(17-13)14(20)18-15-16-11(9-21-15)8-10-4-2-1-3-5-10/h1-5,9,12H,6-8H2,(H,17,19)(H,16,18,20)/t12-/m1/s1. The van der Waals surface area contributed by atoms with Crippen molar-refractivity contribution in [2.75, 3.05) is 5.32 Å². The number of thiazole rings is 1. The molecule has 2 aromatic rings. The Morgan fingerprint density at radius 3 is 2.90 bits per heavy atom. The summed E-state index contributed by atoms with van der Waals surface area (Å²) in [6.45, 7) is 0. The quantitative estimate of drug-likeness (QED) is 0.906. The molecular weight excluding hydrogens is 286 g/mol. The molecule has 0 aliphatic carbocycles. The van der Waals surface area contributed by atoms with Crippen LogP contribution in [0, 0.1) is 0 Å². The zero-order valence-electron chi connectivity index (χ0n) is 11.3. The number of carbonyl (C=O) groups excluding carboxylic acids is 2. The van der Waals surface area contributed by atoms with Crippen LogP contribution < -0.4 is 10.6 Å². The van der Waals surface area contributed by atoms with Gasteiger partial charge in [-0.1, -0.05) is 30.3 Å². The predicted molar refractivity (Wildman–Crippen MR) is 81.2 cm³/mol. The first-order valence-electron chi connectivity index (χ1n) is 6.79. The molecule has 0 saturated carbocycles. The van der Waals surface area contributed by atoms with Crippen LogP contribution >= 0.6 is 11.3 Å². The monoisotopic (exact) mass is 301 g/mol. The average molecular weight is 301 g/mol. The first-order chi connectivity index (χ1) is 10.2. The smallest absolute Gasteiger partial charge is 0.248 e. The van der Waals surface area contributed by atoms with Gasteiger partial charge in [-0.25, -0.2) is 4.98 Å². The van der Waals surface area contributed by atoms with Crippen LogP contribution in [-0.2, 0) is 16.0 Å². The highest BCUT2D eigenvalue weighted by Crippen LogP contribution is 2.19. The SMILES string of the molecule is O=C1CC[C@H](C(=O)Nc2nc(Cc3ccccc3)cs2)N1. The number of nitrogens with one attached hydrogen (secondary N) is 2. The van der Waals surface area contributed by atoms with Gasteiger partial charge in [0.25, 0.3) is 0 Å². The van der Waals surface area contributed by atoms with Crippen LogP contribution in [0.4, 0.5) is 5.13 Å². The highest BCUT2D eigenvalue weighted by molar-refractivity contribution is 7.13. The lowest BCUT2D eigenvalue weighted by Gasteiger charge is -2.08. The molecule has 0 radical (unpaired) electrons. The second kappa shape index (κ2) is 6.05. The molecule has 21 heavy (non-hydrogen) atoms. The maximum absolute atomic E-state index is 12.0. The third kappa shape index (κ3) is 3.46. The molecule has 2 amide bonds. The Balaban J connectivity index is 1.60. The topological polar surface area (TPSA) is 71.1 Å². The van der Waals surface area contributed by atoms with Crippen molar-refractivity contribution in [3.05, 3.63) is 47.0 Å². The molecule has 3 rings (SSSR count). The Morgan fingerprint density at radius 1 is 1.38 bits per heavy atom. The molecule has 2 heterocycles. The van der Waals surface area contributed by atoms with Gasteiger partial charge in [-0.2, -0.15) is 0 Å². The van der Waals surface area contributed by atoms with E-state index in [1.165, 1.54) is 16.9 Å². The van der Waals surface area contributed by atoms with Crippen molar-refractivity contribution in [3.63, 3.8) is 0 Å². The lowest BCUT2D eigenvalue weighted by atomic mass is 10.1. The van der Waals surface area contributed by atoms with Gasteiger partial charge in [0.15, 0.2) is 5.13 Å². The van der Waals surface area contributed by atoms with Gasteiger partial charge in [0, 0.05) is 18.2 Å². The molecule has 108 valence electrons. The number of carbonyl (C=O) groups is 2. The zero-order valence-corrected chi connectivity index (χ0v) is 12.2. The second-order valence-corrected chi connectivity index (χ2v) is 5.81. The third-order valence-electron chi connectivity index (χ3n) is 3.32. The number of aromatic nitrogens is 1. The fourth-order valence-corrected chi connectivity index (χ4v) is 2.97. The van der Waals surface area contributed by atoms with Gasteiger partial charge in [-0.15, -0.1) is 11.3 Å². The van der Waals surface area contributed by atoms with E-state index in [1.54, 1.807) is 0 Å². The van der Waals surface area contributed by atoms with Crippen LogP contribution in [0.5, 0.6) is 0 Å². The number of rotatable bonds is 4. The molecular formula is C15H15N3O2S. The maximum Gasteiger partial charge on any atom is 0.248 e. The molecule has 0 bridgehead atoms. The number of benzene rings is 1. The molecule has 1 saturated heterocycles. The fraction of sp³-hybridized carbons (Fsp3) is 0.267. The number of hydrogen-bond donors (Lipinski definition) is 2. The highest BCUT2D eigenvalue weighted by Gasteiger charge is 2.27. The van der Waals surface area contributed by atoms with E-state index in [4.69, 9.17) is 0 Å². The molecule has 6 heteroatoms. The van der Waals surface area contributed by atoms with Gasteiger partial charge in [0.2, 0.25) is 11.8 Å². The van der Waals surface area contributed by atoms with E-state index < -0.39 is 6.04 Å². The summed E-state index contributed by atoms with van der Waals surface area (Å²) in [5.74, 6) is -0.263. The molecule has 1 aromatic carbocycles. The summed E-state index contributed by atoms with van der Waals surface area (Å²) in [6.07, 6.45) is 1.70. The van der Waals surface area contributed by atoms with E-state index in [0.717, 1.165) is 12.1 Å². The van der Waals surface area contributed by atoms with Crippen molar-refractivity contribution in [1.82, 2.24) is 10.3 Å². The van der Waals surface area contributed by atoms with Crippen molar-refractivity contribution < 1.29 is 9.59 Å². The lowest BCUT2D eigenvalue weighted by Crippen LogP contribution is -2.37. The van der Waals surface area contributed by atoms with E-state index in [0.29, 0.717) is 18.0 Å². The van der Waals surface area contributed by atoms with Crippen molar-refractivity contribution >= 4 is 28.3 Å². The maximum atomic E-state index is 12.0. The number of amides is 2. The van der Waals surface area contributed by atoms with Gasteiger partial charge < -0.3 is 10.6 Å². The minimum absolute atomic E-state index is 0.0703. The second-order valence-electron chi connectivity index (χ2n) is 4.95. The molecule has 0 unspecified atom stereocenters. The third-order valence-corrected chi connectivity index (χ3v) is 4.13. The Morgan fingerprint density at radius 2 is 2.19 bits per heavy atom. The van der Waals surface area contributed by atoms with Crippen LogP contribution in [0.3, 0.4) is 0 Å². The molecule has 1 fully saturated rings. The van der Waals surface area contributed by atoms with E-state index in [9.17, 15) is 9.59 Å². The minimum atomic E-state index is -0.432. The van der Waals surface area contributed by atoms with Gasteiger partial charge in [-0.3, -0.25) is 9.59 Å². The summed E-state index contributed by atoms with van der Waals surface area (Å²) in [6, 6.07) is 9.63. The minimum Gasteiger partial charge on any atom is -0.344 e. The van der Waals surface area contributed by atoms with Gasteiger partial charge >= 0.3 is 0 Å². The van der Waals surface area contributed by atoms with Crippen LogP contribution in [0.25, 0.3) is 0 Å². The van der Waals surface area contributed by atoms with Crippen LogP contribution in [0.1, 0.15) is 24.1 Å². The van der Waals surface area contributed by atoms with Gasteiger partial charge in [-0.05, 0) is 12.0 Å². The Hall–Kier alpha value is -2.21. The molecule has 1 atom stereocenters. The number of anilines is 1. The molecule has 2 N–H and O–H groups in total. The summed E-state index contributed by atoms with van der Waals surface area (Å²) in [7, 11) is 0. The molecule has 5 nitrogen and oxygen atoms in total. The Bertz CT molecular complexity index is 654. The average Bonchev–Trinajstić information content (AvgIpc) is 3.09. The van der Waals surface area contributed by atoms with Gasteiger partial charge in [0.1, 0.15) is 6.04 Å². The van der Waals surface area contributed by atoms with Gasteiger partial charge in [0.05, 0.1) is 5.69 Å². The summed E-state index contributed by atoms with van der Waals surface area (Å²) < 4.78 is 0. The Labute approximate surface area is 126 Å². The largest absolute Gasteiger partial charge is 0.344 e. The highest BCUT2D eigenvalue weighted by atomic mass is 32.1. The normalized spacial score (nSPS) is 17.5. The van der Waals surface area contributed by atoms with Crippen molar-refractivity contribution in [2.45, 2.75) is 25.3 Å². The van der Waals surface area contributed by atoms with Crippen molar-refractivity contribution in [1.29, 1.82) is 0 Å². The van der Waals surface area contributed by atoms with Crippen LogP contribution in [0.2, 0.25) is 0 Å². The fourth-order valence-electron chi connectivity index (χ4n) is 2.25. The number of hydrogen-bond acceptors (Lipinski definition) is 4. The van der Waals surface area contributed by atoms with Crippen LogP contribution in [-0.4, -0.2) is 22.8 Å². The van der Waals surface area contributed by atoms with E-state index in [1.807, 2.05) is 35.7 Å². The summed E-state index contributed by atoms with van der Waals surface area (Å²) in [5.41, 5.74) is 2.11. The van der Waals surface area contributed by atoms with Crippen LogP contribution in [0.15, 0.2) is 35.7 Å². The predicted octanol–water partition coefficient (Wildman–Crippen LogP) is 1.95. The molecule has 1 aromatic heterocycles. The molecule has 1 aliphatic rings. The summed E-state index contributed by atoms with van der Waals surface area (Å²) >= 11 is 1.40. The lowest BCUT2D eigenvalue weighted by molar-refractivity contribution is -0.122. The van der Waals surface area contributed by atoms with E-state index in [2.05, 4.69) is 15.6 Å². The molecule has 0 spiro atoms. The first kappa shape index (κ1) is 13.8. The number of nitrogens with zero attached hydrogens (tertiary/aromatic N) is 1. The summed E-state index contributed by atoms with van der Waals surface area (Å²) in [4.78, 5) is 27.5. The van der Waals surface area contributed by atoms with E-state index >= 15 is 0 Å².